The number of nitrogens with two attached hydrogens (primary N) is 1. The topological polar surface area (TPSA) is 46.2 Å². The molecular weight excluding hydrogens is 297 g/mol. The van der Waals surface area contributed by atoms with Gasteiger partial charge in [0.15, 0.2) is 0 Å². The number of aliphatic hydroxyl groups excluding tert-OH is 1. The van der Waals surface area contributed by atoms with Crippen LogP contribution in [0.15, 0.2) is 23.1 Å². The smallest absolute Gasteiger partial charge is 0.0439 e. The highest BCUT2D eigenvalue weighted by molar-refractivity contribution is 14.1. The van der Waals surface area contributed by atoms with Crippen molar-refractivity contribution in [3.05, 3.63) is 21.8 Å². The molecule has 13 heavy (non-hydrogen) atoms. The summed E-state index contributed by atoms with van der Waals surface area (Å²) in [5, 5.41) is 8.62. The Morgan fingerprint density at radius 2 is 2.23 bits per heavy atom. The van der Waals surface area contributed by atoms with Gasteiger partial charge in [0.1, 0.15) is 0 Å². The Bertz CT molecular complexity index is 280. The Morgan fingerprint density at radius 3 is 2.85 bits per heavy atom. The zero-order valence-corrected chi connectivity index (χ0v) is 10.1. The zero-order valence-electron chi connectivity index (χ0n) is 7.16. The third-order valence-electron chi connectivity index (χ3n) is 1.52. The van der Waals surface area contributed by atoms with E-state index in [4.69, 9.17) is 10.8 Å². The van der Waals surface area contributed by atoms with E-state index >= 15 is 0 Å². The fraction of sp³-hybridized carbons (Fsp3) is 0.333. The van der Waals surface area contributed by atoms with Crippen molar-refractivity contribution in [2.75, 3.05) is 18.1 Å². The van der Waals surface area contributed by atoms with Gasteiger partial charge in [0, 0.05) is 26.5 Å². The lowest BCUT2D eigenvalue weighted by molar-refractivity contribution is 0.296. The number of benzene rings is 1. The van der Waals surface area contributed by atoms with Crippen LogP contribution in [-0.2, 0) is 0 Å². The van der Waals surface area contributed by atoms with Crippen molar-refractivity contribution in [2.45, 2.75) is 11.3 Å². The molecular formula is C9H12INOS. The van der Waals surface area contributed by atoms with E-state index in [1.807, 2.05) is 18.2 Å². The summed E-state index contributed by atoms with van der Waals surface area (Å²) in [4.78, 5) is 1.24. The molecule has 0 aliphatic rings. The second-order valence-electron chi connectivity index (χ2n) is 2.62. The molecule has 0 fully saturated rings. The molecule has 2 nitrogen and oxygen atoms in total. The number of aliphatic hydroxyl groups is 1. The first-order valence-electron chi connectivity index (χ1n) is 4.02. The van der Waals surface area contributed by atoms with Crippen molar-refractivity contribution in [1.29, 1.82) is 0 Å². The number of anilines is 1. The highest BCUT2D eigenvalue weighted by Gasteiger charge is 1.99. The summed E-state index contributed by atoms with van der Waals surface area (Å²) in [5.74, 6) is 0.955. The first-order valence-corrected chi connectivity index (χ1v) is 6.09. The van der Waals surface area contributed by atoms with Crippen LogP contribution in [0.1, 0.15) is 6.42 Å². The number of halogens is 1. The standard InChI is InChI=1S/C9H12INOS/c10-8-6-7(11)2-3-9(8)13-5-1-4-12/h2-3,6,12H,1,4-5,11H2. The molecule has 3 N–H and O–H groups in total. The summed E-state index contributed by atoms with van der Waals surface area (Å²) in [6.07, 6.45) is 0.838. The van der Waals surface area contributed by atoms with Crippen LogP contribution in [0, 0.1) is 3.57 Å². The van der Waals surface area contributed by atoms with Gasteiger partial charge in [0.25, 0.3) is 0 Å². The molecule has 0 radical (unpaired) electrons. The van der Waals surface area contributed by atoms with Crippen LogP contribution in [-0.4, -0.2) is 17.5 Å². The van der Waals surface area contributed by atoms with Crippen LogP contribution in [0.25, 0.3) is 0 Å². The van der Waals surface area contributed by atoms with Gasteiger partial charge in [-0.1, -0.05) is 0 Å². The van der Waals surface area contributed by atoms with E-state index < -0.39 is 0 Å². The molecule has 0 aliphatic heterocycles. The average molecular weight is 309 g/mol. The molecule has 72 valence electrons. The van der Waals surface area contributed by atoms with Crippen molar-refractivity contribution in [2.24, 2.45) is 0 Å². The van der Waals surface area contributed by atoms with Crippen LogP contribution in [0.2, 0.25) is 0 Å². The molecule has 1 aromatic carbocycles. The van der Waals surface area contributed by atoms with Crippen molar-refractivity contribution in [3.63, 3.8) is 0 Å². The Hall–Kier alpha value is 0.0600. The first kappa shape index (κ1) is 11.1. The molecule has 1 rings (SSSR count). The lowest BCUT2D eigenvalue weighted by Crippen LogP contribution is -1.89. The van der Waals surface area contributed by atoms with Crippen LogP contribution >= 0.6 is 34.4 Å². The number of thioether (sulfide) groups is 1. The Balaban J connectivity index is 2.56. The maximum atomic E-state index is 8.62. The Morgan fingerprint density at radius 1 is 1.46 bits per heavy atom. The molecule has 0 atom stereocenters. The summed E-state index contributed by atoms with van der Waals surface area (Å²) in [6, 6.07) is 5.89. The van der Waals surface area contributed by atoms with Gasteiger partial charge in [-0.05, 0) is 47.2 Å². The van der Waals surface area contributed by atoms with Gasteiger partial charge in [-0.15, -0.1) is 11.8 Å². The summed E-state index contributed by atoms with van der Waals surface area (Å²) in [6.45, 7) is 0.262. The molecule has 4 heteroatoms. The molecule has 0 amide bonds. The molecule has 1 aromatic rings. The Kier molecular flexibility index (Phi) is 4.90. The van der Waals surface area contributed by atoms with Crippen LogP contribution in [0.3, 0.4) is 0 Å². The number of hydrogen-bond acceptors (Lipinski definition) is 3. The number of nitrogen functional groups attached to an aromatic ring is 1. The maximum absolute atomic E-state index is 8.62. The Labute approximate surface area is 96.0 Å². The molecule has 0 bridgehead atoms. The van der Waals surface area contributed by atoms with Gasteiger partial charge in [-0.2, -0.15) is 0 Å². The molecule has 0 aromatic heterocycles. The average Bonchev–Trinajstić information content (AvgIpc) is 2.09. The third-order valence-corrected chi connectivity index (χ3v) is 3.93. The van der Waals surface area contributed by atoms with E-state index in [-0.39, 0.29) is 6.61 Å². The second kappa shape index (κ2) is 5.72. The number of rotatable bonds is 4. The maximum Gasteiger partial charge on any atom is 0.0439 e. The minimum absolute atomic E-state index is 0.262. The predicted molar refractivity (Wildman–Crippen MR) is 66.0 cm³/mol. The van der Waals surface area contributed by atoms with Gasteiger partial charge < -0.3 is 10.8 Å². The van der Waals surface area contributed by atoms with Gasteiger partial charge in [0.2, 0.25) is 0 Å². The van der Waals surface area contributed by atoms with Crippen LogP contribution < -0.4 is 5.73 Å². The summed E-state index contributed by atoms with van der Waals surface area (Å²) >= 11 is 4.03. The largest absolute Gasteiger partial charge is 0.399 e. The zero-order chi connectivity index (χ0) is 9.68. The molecule has 0 heterocycles. The van der Waals surface area contributed by atoms with Gasteiger partial charge in [0.05, 0.1) is 0 Å². The van der Waals surface area contributed by atoms with Crippen molar-refractivity contribution in [3.8, 4) is 0 Å². The SMILES string of the molecule is Nc1ccc(SCCCO)c(I)c1. The third kappa shape index (κ3) is 3.74. The second-order valence-corrected chi connectivity index (χ2v) is 4.91. The number of hydrogen-bond donors (Lipinski definition) is 2. The normalized spacial score (nSPS) is 10.3. The van der Waals surface area contributed by atoms with E-state index in [9.17, 15) is 0 Å². The van der Waals surface area contributed by atoms with Crippen molar-refractivity contribution < 1.29 is 5.11 Å². The summed E-state index contributed by atoms with van der Waals surface area (Å²) in [5.41, 5.74) is 6.43. The van der Waals surface area contributed by atoms with Crippen molar-refractivity contribution in [1.82, 2.24) is 0 Å². The highest BCUT2D eigenvalue weighted by Crippen LogP contribution is 2.26. The van der Waals surface area contributed by atoms with E-state index in [1.54, 1.807) is 11.8 Å². The molecule has 0 aliphatic carbocycles. The lowest BCUT2D eigenvalue weighted by Gasteiger charge is -2.03. The fourth-order valence-corrected chi connectivity index (χ4v) is 2.74. The van der Waals surface area contributed by atoms with E-state index in [0.29, 0.717) is 0 Å². The van der Waals surface area contributed by atoms with E-state index in [1.165, 1.54) is 8.47 Å². The van der Waals surface area contributed by atoms with Crippen LogP contribution in [0.5, 0.6) is 0 Å². The fourth-order valence-electron chi connectivity index (χ4n) is 0.881. The quantitative estimate of drug-likeness (QED) is 0.388. The lowest BCUT2D eigenvalue weighted by atomic mass is 10.3. The molecule has 0 spiro atoms. The van der Waals surface area contributed by atoms with E-state index in [0.717, 1.165) is 17.9 Å². The monoisotopic (exact) mass is 309 g/mol. The molecule has 0 saturated heterocycles. The van der Waals surface area contributed by atoms with Gasteiger partial charge in [-0.25, -0.2) is 0 Å². The predicted octanol–water partition coefficient (Wildman–Crippen LogP) is 2.35. The molecule has 0 saturated carbocycles. The van der Waals surface area contributed by atoms with Gasteiger partial charge in [-0.3, -0.25) is 0 Å². The van der Waals surface area contributed by atoms with E-state index in [2.05, 4.69) is 22.6 Å². The minimum Gasteiger partial charge on any atom is -0.399 e. The summed E-state index contributed by atoms with van der Waals surface area (Å²) < 4.78 is 1.18. The van der Waals surface area contributed by atoms with Crippen LogP contribution in [0.4, 0.5) is 5.69 Å². The highest BCUT2D eigenvalue weighted by atomic mass is 127. The molecule has 0 unspecified atom stereocenters. The minimum atomic E-state index is 0.262. The summed E-state index contributed by atoms with van der Waals surface area (Å²) in [7, 11) is 0. The van der Waals surface area contributed by atoms with Gasteiger partial charge >= 0.3 is 0 Å². The first-order chi connectivity index (χ1) is 6.24. The van der Waals surface area contributed by atoms with Crippen molar-refractivity contribution >= 4 is 40.0 Å².